The molecule has 0 radical (unpaired) electrons. The van der Waals surface area contributed by atoms with Crippen LogP contribution in [0.25, 0.3) is 10.2 Å². The summed E-state index contributed by atoms with van der Waals surface area (Å²) in [7, 11) is 1.56. The number of benzene rings is 1. The minimum Gasteiger partial charge on any atom is -0.495 e. The van der Waals surface area contributed by atoms with E-state index in [-0.39, 0.29) is 17.2 Å². The van der Waals surface area contributed by atoms with Crippen LogP contribution < -0.4 is 15.6 Å². The molecule has 2 aromatic heterocycles. The van der Waals surface area contributed by atoms with Gasteiger partial charge in [-0.1, -0.05) is 30.0 Å². The minimum absolute atomic E-state index is 0.0399. The Bertz CT molecular complexity index is 1150. The molecule has 1 aliphatic rings. The fourth-order valence-corrected chi connectivity index (χ4v) is 5.63. The number of nitrogens with one attached hydrogen (secondary N) is 1. The first kappa shape index (κ1) is 19.7. The molecule has 150 valence electrons. The number of amides is 1. The van der Waals surface area contributed by atoms with Crippen molar-refractivity contribution in [1.29, 1.82) is 0 Å². The molecule has 1 aliphatic carbocycles. The molecule has 1 N–H and O–H groups in total. The van der Waals surface area contributed by atoms with Gasteiger partial charge >= 0.3 is 0 Å². The third-order valence-electron chi connectivity index (χ3n) is 4.81. The van der Waals surface area contributed by atoms with E-state index in [2.05, 4.69) is 11.9 Å². The van der Waals surface area contributed by atoms with Gasteiger partial charge in [-0.15, -0.1) is 17.9 Å². The molecule has 1 aromatic carbocycles. The maximum atomic E-state index is 13.1. The molecule has 29 heavy (non-hydrogen) atoms. The number of nitrogens with zero attached hydrogens (tertiary/aromatic N) is 2. The molecule has 1 amide bonds. The molecule has 0 atom stereocenters. The van der Waals surface area contributed by atoms with E-state index < -0.39 is 0 Å². The van der Waals surface area contributed by atoms with Crippen LogP contribution in [0.4, 0.5) is 5.69 Å². The summed E-state index contributed by atoms with van der Waals surface area (Å²) in [4.78, 5) is 32.4. The first-order chi connectivity index (χ1) is 14.1. The Labute approximate surface area is 176 Å². The maximum Gasteiger partial charge on any atom is 0.263 e. The SMILES string of the molecule is C=CCn1c(SCC(=O)Nc2ccccc2OC)nc2sc3c(c2c1=O)CCC3. The molecule has 0 aliphatic heterocycles. The zero-order chi connectivity index (χ0) is 20.4. The van der Waals surface area contributed by atoms with E-state index in [1.165, 1.54) is 16.6 Å². The van der Waals surface area contributed by atoms with Gasteiger partial charge in [0.25, 0.3) is 5.56 Å². The smallest absolute Gasteiger partial charge is 0.263 e. The number of anilines is 1. The predicted molar refractivity (Wildman–Crippen MR) is 118 cm³/mol. The van der Waals surface area contributed by atoms with Crippen LogP contribution in [-0.4, -0.2) is 28.3 Å². The average molecular weight is 428 g/mol. The molecule has 0 fully saturated rings. The number of thioether (sulfide) groups is 1. The van der Waals surface area contributed by atoms with Crippen LogP contribution in [0.2, 0.25) is 0 Å². The highest BCUT2D eigenvalue weighted by Gasteiger charge is 2.23. The van der Waals surface area contributed by atoms with Crippen LogP contribution in [-0.2, 0) is 24.2 Å². The lowest BCUT2D eigenvalue weighted by Crippen LogP contribution is -2.24. The summed E-state index contributed by atoms with van der Waals surface area (Å²) in [5, 5.41) is 4.13. The van der Waals surface area contributed by atoms with Gasteiger partial charge in [-0.3, -0.25) is 14.2 Å². The van der Waals surface area contributed by atoms with Crippen LogP contribution >= 0.6 is 23.1 Å². The number of fused-ring (bicyclic) bond motifs is 3. The molecule has 0 bridgehead atoms. The number of allylic oxidation sites excluding steroid dienone is 1. The molecule has 6 nitrogen and oxygen atoms in total. The van der Waals surface area contributed by atoms with E-state index in [1.54, 1.807) is 41.2 Å². The highest BCUT2D eigenvalue weighted by atomic mass is 32.2. The molecule has 0 saturated carbocycles. The maximum absolute atomic E-state index is 13.1. The van der Waals surface area contributed by atoms with Crippen molar-refractivity contribution in [1.82, 2.24) is 9.55 Å². The largest absolute Gasteiger partial charge is 0.495 e. The first-order valence-corrected chi connectivity index (χ1v) is 11.1. The molecule has 0 saturated heterocycles. The van der Waals surface area contributed by atoms with Gasteiger partial charge in [-0.05, 0) is 37.0 Å². The Balaban J connectivity index is 1.59. The fourth-order valence-electron chi connectivity index (χ4n) is 3.52. The number of methoxy groups -OCH3 is 1. The summed E-state index contributed by atoms with van der Waals surface area (Å²) in [6.45, 7) is 4.13. The molecule has 0 unspecified atom stereocenters. The first-order valence-electron chi connectivity index (χ1n) is 9.34. The number of carbonyl (C=O) groups excluding carboxylic acids is 1. The third kappa shape index (κ3) is 3.82. The van der Waals surface area contributed by atoms with Crippen molar-refractivity contribution in [2.75, 3.05) is 18.2 Å². The monoisotopic (exact) mass is 427 g/mol. The summed E-state index contributed by atoms with van der Waals surface area (Å²) >= 11 is 2.86. The van der Waals surface area contributed by atoms with E-state index in [9.17, 15) is 9.59 Å². The summed E-state index contributed by atoms with van der Waals surface area (Å²) in [6.07, 6.45) is 4.73. The van der Waals surface area contributed by atoms with Crippen LogP contribution in [0, 0.1) is 0 Å². The number of aromatic nitrogens is 2. The Kier molecular flexibility index (Phi) is 5.73. The molecule has 4 rings (SSSR count). The number of para-hydroxylation sites is 2. The van der Waals surface area contributed by atoms with Crippen LogP contribution in [0.15, 0.2) is 46.9 Å². The number of ether oxygens (including phenoxy) is 1. The summed E-state index contributed by atoms with van der Waals surface area (Å²) < 4.78 is 6.88. The van der Waals surface area contributed by atoms with Gasteiger partial charge in [0, 0.05) is 11.4 Å². The van der Waals surface area contributed by atoms with Crippen LogP contribution in [0.3, 0.4) is 0 Å². The normalized spacial score (nSPS) is 12.7. The number of rotatable bonds is 7. The topological polar surface area (TPSA) is 73.2 Å². The molecule has 0 spiro atoms. The van der Waals surface area contributed by atoms with Crippen molar-refractivity contribution < 1.29 is 9.53 Å². The third-order valence-corrected chi connectivity index (χ3v) is 6.98. The highest BCUT2D eigenvalue weighted by Crippen LogP contribution is 2.35. The van der Waals surface area contributed by atoms with E-state index in [1.807, 2.05) is 12.1 Å². The van der Waals surface area contributed by atoms with E-state index >= 15 is 0 Å². The van der Waals surface area contributed by atoms with Gasteiger partial charge in [0.2, 0.25) is 5.91 Å². The fraction of sp³-hybridized carbons (Fsp3) is 0.286. The number of thiophene rings is 1. The zero-order valence-corrected chi connectivity index (χ0v) is 17.7. The average Bonchev–Trinajstić information content (AvgIpc) is 3.30. The Morgan fingerprint density at radius 2 is 2.24 bits per heavy atom. The lowest BCUT2D eigenvalue weighted by atomic mass is 10.2. The minimum atomic E-state index is -0.187. The molecule has 8 heteroatoms. The molecular formula is C21H21N3O3S2. The van der Waals surface area contributed by atoms with Gasteiger partial charge in [0.05, 0.1) is 23.9 Å². The second-order valence-corrected chi connectivity index (χ2v) is 8.70. The lowest BCUT2D eigenvalue weighted by Gasteiger charge is -2.12. The molecule has 2 heterocycles. The van der Waals surface area contributed by atoms with Gasteiger partial charge in [0.1, 0.15) is 10.6 Å². The number of hydrogen-bond donors (Lipinski definition) is 1. The van der Waals surface area contributed by atoms with Gasteiger partial charge < -0.3 is 10.1 Å². The molecule has 3 aromatic rings. The second kappa shape index (κ2) is 8.42. The Morgan fingerprint density at radius 3 is 3.03 bits per heavy atom. The second-order valence-electron chi connectivity index (χ2n) is 6.67. The quantitative estimate of drug-likeness (QED) is 0.352. The van der Waals surface area contributed by atoms with Crippen molar-refractivity contribution in [2.45, 2.75) is 31.0 Å². The Hall–Kier alpha value is -2.58. The van der Waals surface area contributed by atoms with Crippen molar-refractivity contribution in [3.05, 3.63) is 57.7 Å². The molecular weight excluding hydrogens is 406 g/mol. The summed E-state index contributed by atoms with van der Waals surface area (Å²) in [5.74, 6) is 0.549. The van der Waals surface area contributed by atoms with Crippen molar-refractivity contribution in [2.24, 2.45) is 0 Å². The van der Waals surface area contributed by atoms with Gasteiger partial charge in [-0.2, -0.15) is 0 Å². The van der Waals surface area contributed by atoms with Crippen molar-refractivity contribution >= 4 is 44.9 Å². The number of hydrogen-bond acceptors (Lipinski definition) is 6. The number of carbonyl (C=O) groups is 1. The predicted octanol–water partition coefficient (Wildman–Crippen LogP) is 3.87. The summed E-state index contributed by atoms with van der Waals surface area (Å²) in [5.41, 5.74) is 1.73. The van der Waals surface area contributed by atoms with Crippen molar-refractivity contribution in [3.63, 3.8) is 0 Å². The number of aryl methyl sites for hydroxylation is 2. The van der Waals surface area contributed by atoms with Crippen LogP contribution in [0.5, 0.6) is 5.75 Å². The van der Waals surface area contributed by atoms with E-state index in [4.69, 9.17) is 9.72 Å². The Morgan fingerprint density at radius 1 is 1.41 bits per heavy atom. The van der Waals surface area contributed by atoms with E-state index in [0.717, 1.165) is 35.0 Å². The van der Waals surface area contributed by atoms with E-state index in [0.29, 0.717) is 23.1 Å². The zero-order valence-electron chi connectivity index (χ0n) is 16.1. The summed E-state index contributed by atoms with van der Waals surface area (Å²) in [6, 6.07) is 7.25. The highest BCUT2D eigenvalue weighted by molar-refractivity contribution is 7.99. The van der Waals surface area contributed by atoms with Crippen LogP contribution in [0.1, 0.15) is 16.9 Å². The van der Waals surface area contributed by atoms with Gasteiger partial charge in [-0.25, -0.2) is 4.98 Å². The van der Waals surface area contributed by atoms with Crippen molar-refractivity contribution in [3.8, 4) is 5.75 Å². The standard InChI is InChI=1S/C21H21N3O3S2/c1-3-11-24-20(26)18-13-7-6-10-16(13)29-19(18)23-21(24)28-12-17(25)22-14-8-4-5-9-15(14)27-2/h3-5,8-9H,1,6-7,10-12H2,2H3,(H,22,25). The lowest BCUT2D eigenvalue weighted by molar-refractivity contribution is -0.113. The van der Waals surface area contributed by atoms with Gasteiger partial charge in [0.15, 0.2) is 5.16 Å².